The van der Waals surface area contributed by atoms with E-state index in [1.54, 1.807) is 49.3 Å². The monoisotopic (exact) mass is 422 g/mol. The molecule has 4 nitrogen and oxygen atoms in total. The number of nitrogen functional groups attached to an aromatic ring is 1. The van der Waals surface area contributed by atoms with Gasteiger partial charge in [-0.25, -0.2) is 9.37 Å². The molecule has 0 radical (unpaired) electrons. The second-order valence-corrected chi connectivity index (χ2v) is 6.94. The van der Waals surface area contributed by atoms with Crippen molar-refractivity contribution in [3.63, 3.8) is 0 Å². The van der Waals surface area contributed by atoms with Crippen LogP contribution in [-0.4, -0.2) is 30.2 Å². The number of pyridine rings is 1. The predicted molar refractivity (Wildman–Crippen MR) is 113 cm³/mol. The predicted octanol–water partition coefficient (Wildman–Crippen LogP) is 5.61. The third-order valence-corrected chi connectivity index (χ3v) is 4.37. The van der Waals surface area contributed by atoms with Crippen molar-refractivity contribution in [2.45, 2.75) is 32.5 Å². The topological polar surface area (TPSA) is 54.2 Å². The maximum Gasteiger partial charge on any atom is 0.416 e. The van der Waals surface area contributed by atoms with Gasteiger partial charge in [0.25, 0.3) is 0 Å². The van der Waals surface area contributed by atoms with Crippen LogP contribution in [0.25, 0.3) is 5.70 Å². The van der Waals surface area contributed by atoms with Crippen LogP contribution in [0.4, 0.5) is 29.2 Å². The molecule has 0 amide bonds. The fraction of sp³-hybridized carbons (Fsp3) is 0.318. The number of halogens is 4. The lowest BCUT2D eigenvalue weighted by Gasteiger charge is -2.21. The SMILES string of the molecule is CCCC=C(C=C(c1ccc(NCc2ccccc2F)nc1N)N(C)C)C(F)(F)F. The highest BCUT2D eigenvalue weighted by atomic mass is 19.4. The van der Waals surface area contributed by atoms with Gasteiger partial charge in [0.15, 0.2) is 0 Å². The van der Waals surface area contributed by atoms with Crippen molar-refractivity contribution in [2.75, 3.05) is 25.1 Å². The number of alkyl halides is 3. The van der Waals surface area contributed by atoms with E-state index in [4.69, 9.17) is 5.73 Å². The van der Waals surface area contributed by atoms with Gasteiger partial charge in [-0.05, 0) is 30.7 Å². The number of rotatable bonds is 8. The molecule has 1 aromatic carbocycles. The quantitative estimate of drug-likeness (QED) is 0.429. The maximum atomic E-state index is 13.7. The Kier molecular flexibility index (Phi) is 7.86. The van der Waals surface area contributed by atoms with Gasteiger partial charge < -0.3 is 16.0 Å². The Hall–Kier alpha value is -3.03. The van der Waals surface area contributed by atoms with E-state index < -0.39 is 11.7 Å². The molecule has 0 fully saturated rings. The number of benzene rings is 1. The van der Waals surface area contributed by atoms with Crippen molar-refractivity contribution >= 4 is 17.3 Å². The molecule has 2 aromatic rings. The van der Waals surface area contributed by atoms with Crippen LogP contribution in [0.3, 0.4) is 0 Å². The smallest absolute Gasteiger partial charge is 0.383 e. The zero-order valence-electron chi connectivity index (χ0n) is 17.2. The molecule has 0 atom stereocenters. The van der Waals surface area contributed by atoms with Crippen LogP contribution in [0.15, 0.2) is 54.1 Å². The first-order valence-corrected chi connectivity index (χ1v) is 9.54. The maximum absolute atomic E-state index is 13.7. The van der Waals surface area contributed by atoms with E-state index in [0.29, 0.717) is 35.5 Å². The highest BCUT2D eigenvalue weighted by molar-refractivity contribution is 5.75. The summed E-state index contributed by atoms with van der Waals surface area (Å²) in [5, 5.41) is 2.98. The molecule has 0 saturated carbocycles. The molecule has 0 aliphatic heterocycles. The zero-order chi connectivity index (χ0) is 22.3. The van der Waals surface area contributed by atoms with Crippen LogP contribution in [0.2, 0.25) is 0 Å². The summed E-state index contributed by atoms with van der Waals surface area (Å²) >= 11 is 0. The highest BCUT2D eigenvalue weighted by Crippen LogP contribution is 2.32. The van der Waals surface area contributed by atoms with Crippen LogP contribution in [0, 0.1) is 5.82 Å². The molecule has 0 spiro atoms. The van der Waals surface area contributed by atoms with Gasteiger partial charge in [-0.2, -0.15) is 13.2 Å². The molecule has 1 heterocycles. The van der Waals surface area contributed by atoms with Gasteiger partial charge in [0.2, 0.25) is 0 Å². The summed E-state index contributed by atoms with van der Waals surface area (Å²) < 4.78 is 54.0. The number of aromatic nitrogens is 1. The summed E-state index contributed by atoms with van der Waals surface area (Å²) in [6.07, 6.45) is -1.29. The zero-order valence-corrected chi connectivity index (χ0v) is 17.2. The summed E-state index contributed by atoms with van der Waals surface area (Å²) in [7, 11) is 3.28. The van der Waals surface area contributed by atoms with Crippen LogP contribution in [-0.2, 0) is 6.54 Å². The minimum absolute atomic E-state index is 0.0745. The van der Waals surface area contributed by atoms with Gasteiger partial charge in [-0.15, -0.1) is 0 Å². The minimum atomic E-state index is -4.47. The number of hydrogen-bond acceptors (Lipinski definition) is 4. The van der Waals surface area contributed by atoms with E-state index in [1.807, 2.05) is 6.92 Å². The average Bonchev–Trinajstić information content (AvgIpc) is 2.67. The van der Waals surface area contributed by atoms with Crippen LogP contribution >= 0.6 is 0 Å². The number of allylic oxidation sites excluding steroid dienone is 3. The molecule has 3 N–H and O–H groups in total. The van der Waals surface area contributed by atoms with Gasteiger partial charge in [-0.1, -0.05) is 37.6 Å². The molecule has 2 rings (SSSR count). The van der Waals surface area contributed by atoms with Gasteiger partial charge in [-0.3, -0.25) is 0 Å². The van der Waals surface area contributed by atoms with E-state index in [2.05, 4.69) is 10.3 Å². The molecular formula is C22H26F4N4. The Labute approximate surface area is 174 Å². The van der Waals surface area contributed by atoms with Crippen LogP contribution in [0.5, 0.6) is 0 Å². The fourth-order valence-electron chi connectivity index (χ4n) is 2.77. The van der Waals surface area contributed by atoms with Crippen molar-refractivity contribution in [1.29, 1.82) is 0 Å². The number of anilines is 2. The van der Waals surface area contributed by atoms with Gasteiger partial charge in [0.1, 0.15) is 17.5 Å². The fourth-order valence-corrected chi connectivity index (χ4v) is 2.77. The largest absolute Gasteiger partial charge is 0.416 e. The first kappa shape index (κ1) is 23.3. The average molecular weight is 422 g/mol. The molecule has 0 saturated heterocycles. The Bertz CT molecular complexity index is 918. The molecular weight excluding hydrogens is 396 g/mol. The lowest BCUT2D eigenvalue weighted by atomic mass is 10.1. The van der Waals surface area contributed by atoms with Crippen molar-refractivity contribution < 1.29 is 17.6 Å². The molecule has 162 valence electrons. The first-order valence-electron chi connectivity index (χ1n) is 9.54. The molecule has 30 heavy (non-hydrogen) atoms. The lowest BCUT2D eigenvalue weighted by Crippen LogP contribution is -2.16. The Morgan fingerprint density at radius 2 is 1.87 bits per heavy atom. The molecule has 0 unspecified atom stereocenters. The summed E-state index contributed by atoms with van der Waals surface area (Å²) in [5.41, 5.74) is 6.46. The Morgan fingerprint density at radius 1 is 1.17 bits per heavy atom. The van der Waals surface area contributed by atoms with E-state index in [-0.39, 0.29) is 18.2 Å². The number of hydrogen-bond donors (Lipinski definition) is 2. The van der Waals surface area contributed by atoms with E-state index in [9.17, 15) is 17.6 Å². The molecule has 0 bridgehead atoms. The second kappa shape index (κ2) is 10.1. The van der Waals surface area contributed by atoms with Crippen LogP contribution < -0.4 is 11.1 Å². The number of nitrogens with two attached hydrogens (primary N) is 1. The van der Waals surface area contributed by atoms with Crippen LogP contribution in [0.1, 0.15) is 30.9 Å². The van der Waals surface area contributed by atoms with E-state index in [1.165, 1.54) is 12.1 Å². The molecule has 8 heteroatoms. The van der Waals surface area contributed by atoms with Crippen molar-refractivity contribution in [1.82, 2.24) is 9.88 Å². The summed E-state index contributed by atoms with van der Waals surface area (Å²) in [4.78, 5) is 5.79. The Morgan fingerprint density at radius 3 is 2.43 bits per heavy atom. The standard InChI is InChI=1S/C22H26F4N4/c1-4-5-9-16(22(24,25)26)13-19(30(2)3)17-11-12-20(29-21(17)27)28-14-15-8-6-7-10-18(15)23/h6-13H,4-5,14H2,1-3H3,(H3,27,28,29). The first-order chi connectivity index (χ1) is 14.1. The summed E-state index contributed by atoms with van der Waals surface area (Å²) in [6.45, 7) is 2.02. The molecule has 0 aliphatic carbocycles. The van der Waals surface area contributed by atoms with Gasteiger partial charge in [0, 0.05) is 37.5 Å². The van der Waals surface area contributed by atoms with E-state index in [0.717, 1.165) is 6.08 Å². The van der Waals surface area contributed by atoms with E-state index >= 15 is 0 Å². The van der Waals surface area contributed by atoms with Crippen molar-refractivity contribution in [3.8, 4) is 0 Å². The highest BCUT2D eigenvalue weighted by Gasteiger charge is 2.32. The summed E-state index contributed by atoms with van der Waals surface area (Å²) in [6, 6.07) is 9.54. The Balaban J connectivity index is 2.32. The minimum Gasteiger partial charge on any atom is -0.383 e. The molecule has 1 aromatic heterocycles. The van der Waals surface area contributed by atoms with Gasteiger partial charge in [0.05, 0.1) is 5.57 Å². The molecule has 0 aliphatic rings. The van der Waals surface area contributed by atoms with Crippen molar-refractivity contribution in [3.05, 3.63) is 71.1 Å². The normalized spacial score (nSPS) is 12.8. The summed E-state index contributed by atoms with van der Waals surface area (Å²) in [5.74, 6) is 0.131. The third kappa shape index (κ3) is 6.23. The second-order valence-electron chi connectivity index (χ2n) is 6.94. The third-order valence-electron chi connectivity index (χ3n) is 4.37. The van der Waals surface area contributed by atoms with Gasteiger partial charge >= 0.3 is 6.18 Å². The van der Waals surface area contributed by atoms with Crippen molar-refractivity contribution in [2.24, 2.45) is 0 Å². The number of unbranched alkanes of at least 4 members (excludes halogenated alkanes) is 1. The lowest BCUT2D eigenvalue weighted by molar-refractivity contribution is -0.0884. The number of nitrogens with zero attached hydrogens (tertiary/aromatic N) is 2. The number of nitrogens with one attached hydrogen (secondary N) is 1.